The highest BCUT2D eigenvalue weighted by atomic mass is 35.5. The average molecular weight is 251 g/mol. The Kier molecular flexibility index (Phi) is 2.58. The lowest BCUT2D eigenvalue weighted by molar-refractivity contribution is 0.270. The van der Waals surface area contributed by atoms with E-state index in [4.69, 9.17) is 34.8 Å². The molecule has 6 heteroatoms. The van der Waals surface area contributed by atoms with Crippen molar-refractivity contribution in [3.8, 4) is 0 Å². The van der Waals surface area contributed by atoms with Crippen LogP contribution in [0.15, 0.2) is 11.1 Å². The van der Waals surface area contributed by atoms with Crippen LogP contribution >= 0.6 is 34.8 Å². The topological polar surface area (TPSA) is 35.8 Å². The highest BCUT2D eigenvalue weighted by molar-refractivity contribution is 6.49. The number of aliphatic imine (C=N–C) groups is 1. The Hall–Kier alpha value is -0.480. The van der Waals surface area contributed by atoms with Crippen LogP contribution in [0.2, 0.25) is 15.1 Å². The van der Waals surface area contributed by atoms with Crippen molar-refractivity contribution in [1.29, 1.82) is 0 Å². The van der Waals surface area contributed by atoms with Crippen LogP contribution in [-0.2, 0) is 0 Å². The number of hydroxylamine groups is 1. The fourth-order valence-electron chi connectivity index (χ4n) is 1.22. The first-order chi connectivity index (χ1) is 6.61. The molecule has 0 saturated heterocycles. The standard InChI is InChI=1S/C8H5Cl3N2O/c9-4-3-5-8(7(11)6(4)10)13(14)2-1-12-5/h1,3,14H,2H2. The molecule has 0 aliphatic carbocycles. The summed E-state index contributed by atoms with van der Waals surface area (Å²) in [6.07, 6.45) is 1.56. The Morgan fingerprint density at radius 1 is 1.29 bits per heavy atom. The van der Waals surface area contributed by atoms with Gasteiger partial charge in [-0.3, -0.25) is 10.2 Å². The minimum absolute atomic E-state index is 0.216. The van der Waals surface area contributed by atoms with Gasteiger partial charge >= 0.3 is 0 Å². The zero-order valence-electron chi connectivity index (χ0n) is 6.84. The van der Waals surface area contributed by atoms with Crippen molar-refractivity contribution < 1.29 is 5.21 Å². The molecule has 74 valence electrons. The lowest BCUT2D eigenvalue weighted by atomic mass is 10.2. The van der Waals surface area contributed by atoms with E-state index < -0.39 is 0 Å². The van der Waals surface area contributed by atoms with Crippen LogP contribution in [0.4, 0.5) is 11.4 Å². The molecule has 3 nitrogen and oxygen atoms in total. The molecule has 0 radical (unpaired) electrons. The first kappa shape index (κ1) is 10.1. The summed E-state index contributed by atoms with van der Waals surface area (Å²) in [7, 11) is 0. The second-order valence-corrected chi connectivity index (χ2v) is 3.91. The minimum atomic E-state index is 0.216. The molecular weight excluding hydrogens is 246 g/mol. The van der Waals surface area contributed by atoms with E-state index in [0.29, 0.717) is 16.4 Å². The zero-order chi connectivity index (χ0) is 10.3. The van der Waals surface area contributed by atoms with Crippen molar-refractivity contribution in [2.75, 3.05) is 11.6 Å². The summed E-state index contributed by atoms with van der Waals surface area (Å²) >= 11 is 17.6. The van der Waals surface area contributed by atoms with E-state index in [9.17, 15) is 5.21 Å². The van der Waals surface area contributed by atoms with Gasteiger partial charge in [-0.15, -0.1) is 0 Å². The molecule has 1 heterocycles. The van der Waals surface area contributed by atoms with Crippen molar-refractivity contribution >= 4 is 52.4 Å². The molecule has 1 aromatic rings. The van der Waals surface area contributed by atoms with Crippen LogP contribution in [0.25, 0.3) is 0 Å². The monoisotopic (exact) mass is 250 g/mol. The first-order valence-electron chi connectivity index (χ1n) is 3.77. The second kappa shape index (κ2) is 3.59. The van der Waals surface area contributed by atoms with E-state index in [1.165, 1.54) is 0 Å². The fraction of sp³-hybridized carbons (Fsp3) is 0.125. The van der Waals surface area contributed by atoms with Gasteiger partial charge in [0.2, 0.25) is 0 Å². The summed E-state index contributed by atoms with van der Waals surface area (Å²) in [5, 5.41) is 11.3. The van der Waals surface area contributed by atoms with Crippen LogP contribution in [0.3, 0.4) is 0 Å². The van der Waals surface area contributed by atoms with Gasteiger partial charge < -0.3 is 0 Å². The Labute approximate surface area is 95.5 Å². The summed E-state index contributed by atoms with van der Waals surface area (Å²) < 4.78 is 0. The minimum Gasteiger partial charge on any atom is -0.288 e. The van der Waals surface area contributed by atoms with Gasteiger partial charge in [-0.2, -0.15) is 0 Å². The largest absolute Gasteiger partial charge is 0.288 e. The molecule has 0 aromatic heterocycles. The van der Waals surface area contributed by atoms with E-state index in [-0.39, 0.29) is 16.6 Å². The van der Waals surface area contributed by atoms with Crippen molar-refractivity contribution in [2.24, 2.45) is 4.99 Å². The Balaban J connectivity index is 2.72. The molecule has 0 unspecified atom stereocenters. The van der Waals surface area contributed by atoms with Crippen LogP contribution in [0, 0.1) is 0 Å². The van der Waals surface area contributed by atoms with Gasteiger partial charge in [0.1, 0.15) is 5.69 Å². The molecule has 1 N–H and O–H groups in total. The molecule has 0 saturated carbocycles. The number of fused-ring (bicyclic) bond motifs is 1. The molecule has 0 bridgehead atoms. The maximum Gasteiger partial charge on any atom is 0.110 e. The van der Waals surface area contributed by atoms with Gasteiger partial charge in [0, 0.05) is 6.21 Å². The van der Waals surface area contributed by atoms with E-state index >= 15 is 0 Å². The Bertz CT molecular complexity index is 420. The lowest BCUT2D eigenvalue weighted by Gasteiger charge is -2.22. The number of halogens is 3. The van der Waals surface area contributed by atoms with E-state index in [1.807, 2.05) is 0 Å². The van der Waals surface area contributed by atoms with Gasteiger partial charge in [0.25, 0.3) is 0 Å². The van der Waals surface area contributed by atoms with Crippen molar-refractivity contribution in [3.05, 3.63) is 21.1 Å². The third-order valence-electron chi connectivity index (χ3n) is 1.86. The van der Waals surface area contributed by atoms with Gasteiger partial charge in [0.15, 0.2) is 0 Å². The van der Waals surface area contributed by atoms with Crippen molar-refractivity contribution in [3.63, 3.8) is 0 Å². The predicted octanol–water partition coefficient (Wildman–Crippen LogP) is 3.56. The summed E-state index contributed by atoms with van der Waals surface area (Å²) in [6.45, 7) is 0.282. The number of benzene rings is 1. The predicted molar refractivity (Wildman–Crippen MR) is 58.8 cm³/mol. The molecule has 0 atom stereocenters. The molecule has 1 aliphatic heterocycles. The molecule has 1 aliphatic rings. The van der Waals surface area contributed by atoms with E-state index in [1.54, 1.807) is 12.3 Å². The van der Waals surface area contributed by atoms with Crippen LogP contribution in [0.5, 0.6) is 0 Å². The molecule has 0 amide bonds. The SMILES string of the molecule is ON1CC=Nc2cc(Cl)c(Cl)c(Cl)c21. The number of hydrogen-bond acceptors (Lipinski definition) is 3. The Morgan fingerprint density at radius 2 is 2.00 bits per heavy atom. The van der Waals surface area contributed by atoms with Gasteiger partial charge in [-0.05, 0) is 6.07 Å². The summed E-state index contributed by atoms with van der Waals surface area (Å²) in [4.78, 5) is 4.05. The maximum atomic E-state index is 9.51. The molecule has 14 heavy (non-hydrogen) atoms. The summed E-state index contributed by atoms with van der Waals surface area (Å²) in [6, 6.07) is 1.56. The normalized spacial score (nSPS) is 14.4. The zero-order valence-corrected chi connectivity index (χ0v) is 9.11. The van der Waals surface area contributed by atoms with Crippen molar-refractivity contribution in [2.45, 2.75) is 0 Å². The highest BCUT2D eigenvalue weighted by Crippen LogP contribution is 2.44. The quantitative estimate of drug-likeness (QED) is 0.716. The summed E-state index contributed by atoms with van der Waals surface area (Å²) in [5.74, 6) is 0. The highest BCUT2D eigenvalue weighted by Gasteiger charge is 2.20. The molecular formula is C8H5Cl3N2O. The molecule has 1 aromatic carbocycles. The third kappa shape index (κ3) is 1.46. The number of rotatable bonds is 0. The van der Waals surface area contributed by atoms with Gasteiger partial charge in [0.05, 0.1) is 27.3 Å². The maximum absolute atomic E-state index is 9.51. The van der Waals surface area contributed by atoms with E-state index in [0.717, 1.165) is 5.06 Å². The van der Waals surface area contributed by atoms with Crippen LogP contribution < -0.4 is 5.06 Å². The smallest absolute Gasteiger partial charge is 0.110 e. The lowest BCUT2D eigenvalue weighted by Crippen LogP contribution is -2.23. The molecule has 2 rings (SSSR count). The Morgan fingerprint density at radius 3 is 2.71 bits per heavy atom. The van der Waals surface area contributed by atoms with Gasteiger partial charge in [-0.25, -0.2) is 5.06 Å². The first-order valence-corrected chi connectivity index (χ1v) is 4.91. The molecule has 0 fully saturated rings. The fourth-order valence-corrected chi connectivity index (χ4v) is 1.91. The number of nitrogens with zero attached hydrogens (tertiary/aromatic N) is 2. The number of hydrogen-bond donors (Lipinski definition) is 1. The van der Waals surface area contributed by atoms with E-state index in [2.05, 4.69) is 4.99 Å². The van der Waals surface area contributed by atoms with Crippen LogP contribution in [-0.4, -0.2) is 18.0 Å². The van der Waals surface area contributed by atoms with Gasteiger partial charge in [-0.1, -0.05) is 34.8 Å². The average Bonchev–Trinajstić information content (AvgIpc) is 2.14. The summed E-state index contributed by atoms with van der Waals surface area (Å²) in [5.41, 5.74) is 0.904. The van der Waals surface area contributed by atoms with Crippen LogP contribution in [0.1, 0.15) is 0 Å². The second-order valence-electron chi connectivity index (χ2n) is 2.75. The molecule has 0 spiro atoms. The third-order valence-corrected chi connectivity index (χ3v) is 3.11. The van der Waals surface area contributed by atoms with Crippen molar-refractivity contribution in [1.82, 2.24) is 0 Å². The number of anilines is 1.